The molecule has 0 aromatic heterocycles. The molecule has 1 aromatic rings. The molecule has 1 aromatic carbocycles. The molecule has 2 nitrogen and oxygen atoms in total. The predicted molar refractivity (Wildman–Crippen MR) is 134 cm³/mol. The fraction of sp³-hybridized carbons (Fsp3) is 0.741. The van der Waals surface area contributed by atoms with Crippen molar-refractivity contribution < 1.29 is 9.90 Å². The Morgan fingerprint density at radius 2 is 1.20 bits per heavy atom. The molecule has 1 unspecified atom stereocenters. The molecule has 0 aliphatic rings. The Hall–Kier alpha value is -0.960. The monoisotopic (exact) mass is 434 g/mol. The molecule has 0 spiro atoms. The van der Waals surface area contributed by atoms with E-state index in [9.17, 15) is 9.90 Å². The van der Waals surface area contributed by atoms with Crippen molar-refractivity contribution in [3.63, 3.8) is 0 Å². The van der Waals surface area contributed by atoms with Gasteiger partial charge in [-0.15, -0.1) is 0 Å². The van der Waals surface area contributed by atoms with Crippen LogP contribution in [0.15, 0.2) is 24.3 Å². The first-order valence-electron chi connectivity index (χ1n) is 12.6. The Kier molecular flexibility index (Phi) is 16.9. The summed E-state index contributed by atoms with van der Waals surface area (Å²) in [5, 5.41) is 10.1. The number of rotatable bonds is 19. The molecule has 172 valence electrons. The molecule has 0 amide bonds. The van der Waals surface area contributed by atoms with Gasteiger partial charge < -0.3 is 5.11 Å². The Morgan fingerprint density at radius 1 is 0.767 bits per heavy atom. The lowest BCUT2D eigenvalue weighted by Crippen LogP contribution is -2.03. The summed E-state index contributed by atoms with van der Waals surface area (Å²) in [5.41, 5.74) is 0.432. The third-order valence-electron chi connectivity index (χ3n) is 5.90. The second kappa shape index (κ2) is 18.8. The van der Waals surface area contributed by atoms with Crippen molar-refractivity contribution >= 4 is 16.9 Å². The lowest BCUT2D eigenvalue weighted by Gasteiger charge is -2.10. The number of hydrogen-bond donors (Lipinski definition) is 1. The quantitative estimate of drug-likeness (QED) is 0.220. The van der Waals surface area contributed by atoms with Gasteiger partial charge in [0.15, 0.2) is 0 Å². The number of carbonyl (C=O) groups excluding carboxylic acids is 1. The molecule has 1 N–H and O–H groups in total. The number of aromatic hydroxyl groups is 1. The maximum absolute atomic E-state index is 12.3. The molecule has 1 rings (SSSR count). The normalized spacial score (nSPS) is 12.2. The number of phenolic OH excluding ortho intramolecular Hbond substituents is 1. The zero-order valence-electron chi connectivity index (χ0n) is 19.7. The van der Waals surface area contributed by atoms with Crippen LogP contribution in [0.2, 0.25) is 0 Å². The van der Waals surface area contributed by atoms with E-state index in [0.717, 1.165) is 6.42 Å². The van der Waals surface area contributed by atoms with Crippen molar-refractivity contribution in [3.05, 3.63) is 29.8 Å². The topological polar surface area (TPSA) is 37.3 Å². The lowest BCUT2D eigenvalue weighted by atomic mass is 10.0. The molecule has 0 radical (unpaired) electrons. The second-order valence-electron chi connectivity index (χ2n) is 8.83. The van der Waals surface area contributed by atoms with Gasteiger partial charge in [-0.25, -0.2) is 0 Å². The van der Waals surface area contributed by atoms with Crippen LogP contribution in [0.1, 0.15) is 133 Å². The molecule has 0 aliphatic carbocycles. The molecular formula is C27H46O2S. The SMILES string of the molecule is CCCCCCCCCCCCCCCCCCC(C)SC(=O)c1ccccc1O. The second-order valence-corrected chi connectivity index (χ2v) is 10.2. The number of carbonyl (C=O) groups is 1. The number of para-hydroxylation sites is 1. The van der Waals surface area contributed by atoms with Crippen LogP contribution in [0, 0.1) is 0 Å². The van der Waals surface area contributed by atoms with Gasteiger partial charge in [0.1, 0.15) is 5.75 Å². The highest BCUT2D eigenvalue weighted by atomic mass is 32.2. The van der Waals surface area contributed by atoms with Crippen molar-refractivity contribution in [3.8, 4) is 5.75 Å². The Bertz CT molecular complexity index is 543. The van der Waals surface area contributed by atoms with Crippen LogP contribution < -0.4 is 0 Å². The zero-order chi connectivity index (χ0) is 21.9. The third-order valence-corrected chi connectivity index (χ3v) is 6.97. The first-order chi connectivity index (χ1) is 14.6. The van der Waals surface area contributed by atoms with Crippen LogP contribution >= 0.6 is 11.8 Å². The molecule has 1 atom stereocenters. The van der Waals surface area contributed by atoms with Crippen molar-refractivity contribution in [1.29, 1.82) is 0 Å². The van der Waals surface area contributed by atoms with E-state index in [1.165, 1.54) is 114 Å². The zero-order valence-corrected chi connectivity index (χ0v) is 20.5. The van der Waals surface area contributed by atoms with Crippen LogP contribution in [0.5, 0.6) is 5.75 Å². The standard InChI is InChI=1S/C27H46O2S/c1-3-4-5-6-7-8-9-10-11-12-13-14-15-16-17-18-21-24(2)30-27(29)25-22-19-20-23-26(25)28/h19-20,22-24,28H,3-18,21H2,1-2H3. The van der Waals surface area contributed by atoms with E-state index >= 15 is 0 Å². The lowest BCUT2D eigenvalue weighted by molar-refractivity contribution is 0.108. The molecule has 3 heteroatoms. The van der Waals surface area contributed by atoms with Gasteiger partial charge >= 0.3 is 0 Å². The van der Waals surface area contributed by atoms with E-state index in [1.807, 2.05) is 0 Å². The molecule has 0 heterocycles. The Balaban J connectivity index is 1.86. The number of thioether (sulfide) groups is 1. The minimum absolute atomic E-state index is 0.0166. The number of benzene rings is 1. The van der Waals surface area contributed by atoms with Crippen LogP contribution in [0.25, 0.3) is 0 Å². The van der Waals surface area contributed by atoms with E-state index in [2.05, 4.69) is 13.8 Å². The fourth-order valence-electron chi connectivity index (χ4n) is 3.93. The Labute approximate surface area is 190 Å². The van der Waals surface area contributed by atoms with Crippen molar-refractivity contribution in [2.24, 2.45) is 0 Å². The summed E-state index contributed by atoms with van der Waals surface area (Å²) < 4.78 is 0. The average Bonchev–Trinajstić information content (AvgIpc) is 2.73. The summed E-state index contributed by atoms with van der Waals surface area (Å²) in [7, 11) is 0. The minimum Gasteiger partial charge on any atom is -0.507 e. The van der Waals surface area contributed by atoms with Crippen LogP contribution in [-0.4, -0.2) is 15.5 Å². The smallest absolute Gasteiger partial charge is 0.223 e. The predicted octanol–water partition coefficient (Wildman–Crippen LogP) is 9.31. The highest BCUT2D eigenvalue weighted by molar-refractivity contribution is 8.14. The number of phenols is 1. The Morgan fingerprint density at radius 3 is 1.67 bits per heavy atom. The first kappa shape index (κ1) is 27.1. The van der Waals surface area contributed by atoms with Crippen LogP contribution in [0.4, 0.5) is 0 Å². The van der Waals surface area contributed by atoms with Gasteiger partial charge in [0.2, 0.25) is 5.12 Å². The molecule has 0 bridgehead atoms. The van der Waals surface area contributed by atoms with Gasteiger partial charge in [-0.05, 0) is 18.6 Å². The van der Waals surface area contributed by atoms with Gasteiger partial charge in [-0.1, -0.05) is 140 Å². The van der Waals surface area contributed by atoms with Gasteiger partial charge in [-0.3, -0.25) is 4.79 Å². The molecule has 0 fully saturated rings. The van der Waals surface area contributed by atoms with E-state index in [0.29, 0.717) is 10.8 Å². The molecule has 30 heavy (non-hydrogen) atoms. The molecule has 0 saturated heterocycles. The number of hydrogen-bond acceptors (Lipinski definition) is 3. The molecule has 0 saturated carbocycles. The average molecular weight is 435 g/mol. The summed E-state index contributed by atoms with van der Waals surface area (Å²) in [6.07, 6.45) is 23.2. The largest absolute Gasteiger partial charge is 0.507 e. The van der Waals surface area contributed by atoms with E-state index in [4.69, 9.17) is 0 Å². The number of unbranched alkanes of at least 4 members (excludes halogenated alkanes) is 15. The van der Waals surface area contributed by atoms with E-state index < -0.39 is 0 Å². The summed E-state index contributed by atoms with van der Waals surface area (Å²) >= 11 is 1.36. The first-order valence-corrected chi connectivity index (χ1v) is 13.5. The van der Waals surface area contributed by atoms with Gasteiger partial charge in [-0.2, -0.15) is 0 Å². The molecular weight excluding hydrogens is 388 g/mol. The van der Waals surface area contributed by atoms with Crippen molar-refractivity contribution in [2.75, 3.05) is 0 Å². The summed E-state index contributed by atoms with van der Waals surface area (Å²) in [6.45, 7) is 4.40. The summed E-state index contributed by atoms with van der Waals surface area (Å²) in [6, 6.07) is 6.82. The fourth-order valence-corrected chi connectivity index (χ4v) is 4.88. The third kappa shape index (κ3) is 14.1. The molecule has 0 aliphatic heterocycles. The van der Waals surface area contributed by atoms with Crippen molar-refractivity contribution in [1.82, 2.24) is 0 Å². The van der Waals surface area contributed by atoms with Gasteiger partial charge in [0, 0.05) is 5.25 Å². The highest BCUT2D eigenvalue weighted by Gasteiger charge is 2.14. The van der Waals surface area contributed by atoms with E-state index in [-0.39, 0.29) is 10.9 Å². The van der Waals surface area contributed by atoms with Gasteiger partial charge in [0.05, 0.1) is 5.56 Å². The van der Waals surface area contributed by atoms with Crippen LogP contribution in [0.3, 0.4) is 0 Å². The maximum Gasteiger partial charge on any atom is 0.223 e. The minimum atomic E-state index is -0.0166. The highest BCUT2D eigenvalue weighted by Crippen LogP contribution is 2.26. The summed E-state index contributed by atoms with van der Waals surface area (Å²) in [4.78, 5) is 12.3. The summed E-state index contributed by atoms with van der Waals surface area (Å²) in [5.74, 6) is 0.0876. The van der Waals surface area contributed by atoms with Crippen molar-refractivity contribution in [2.45, 2.75) is 128 Å². The van der Waals surface area contributed by atoms with Crippen LogP contribution in [-0.2, 0) is 0 Å². The van der Waals surface area contributed by atoms with Gasteiger partial charge in [0.25, 0.3) is 0 Å². The maximum atomic E-state index is 12.3. The van der Waals surface area contributed by atoms with E-state index in [1.54, 1.807) is 24.3 Å².